The van der Waals surface area contributed by atoms with Crippen LogP contribution in [0.25, 0.3) is 0 Å². The Kier molecular flexibility index (Phi) is 4.73. The Hall–Kier alpha value is -0.260. The predicted molar refractivity (Wildman–Crippen MR) is 38.4 cm³/mol. The highest BCUT2D eigenvalue weighted by Gasteiger charge is 2.15. The monoisotopic (exact) mass is 112 g/mol. The molecular formula is C8H16+2. The van der Waals surface area contributed by atoms with E-state index in [9.17, 15) is 0 Å². The van der Waals surface area contributed by atoms with Gasteiger partial charge in [0.25, 0.3) is 0 Å². The van der Waals surface area contributed by atoms with Gasteiger partial charge in [-0.2, -0.15) is 0 Å². The van der Waals surface area contributed by atoms with Crippen LogP contribution in [0.4, 0.5) is 0 Å². The molecule has 0 amide bonds. The molecule has 0 aliphatic carbocycles. The molecule has 0 N–H and O–H groups in total. The molecule has 8 heavy (non-hydrogen) atoms. The maximum absolute atomic E-state index is 3.84. The normalized spacial score (nSPS) is 9.25. The lowest BCUT2D eigenvalue weighted by Crippen LogP contribution is -1.91. The Morgan fingerprint density at radius 2 is 2.00 bits per heavy atom. The van der Waals surface area contributed by atoms with Gasteiger partial charge in [-0.05, 0) is 13.3 Å². The minimum atomic E-state index is 1.03. The predicted octanol–water partition coefficient (Wildman–Crippen LogP) is 3.00. The van der Waals surface area contributed by atoms with Gasteiger partial charge in [-0.25, -0.2) is 0 Å². The minimum absolute atomic E-state index is 1.03. The van der Waals surface area contributed by atoms with Gasteiger partial charge in [0.15, 0.2) is 0 Å². The van der Waals surface area contributed by atoms with E-state index in [4.69, 9.17) is 0 Å². The SMILES string of the molecule is [CH2+]C[C+](CC)CCC. The molecule has 0 nitrogen and oxygen atoms in total. The highest BCUT2D eigenvalue weighted by atomic mass is 14.0. The van der Waals surface area contributed by atoms with Gasteiger partial charge in [-0.3, -0.25) is 0 Å². The standard InChI is InChI=1S/C8H16/c1-4-7-8(5-2)6-3/h2,4-7H2,1,3H3/q+2. The van der Waals surface area contributed by atoms with Gasteiger partial charge in [0.1, 0.15) is 12.8 Å². The van der Waals surface area contributed by atoms with E-state index in [0.29, 0.717) is 0 Å². The Morgan fingerprint density at radius 3 is 2.12 bits per heavy atom. The molecule has 0 aromatic carbocycles. The zero-order chi connectivity index (χ0) is 6.41. The van der Waals surface area contributed by atoms with Crippen LogP contribution in [0.2, 0.25) is 0 Å². The van der Waals surface area contributed by atoms with Crippen LogP contribution < -0.4 is 0 Å². The summed E-state index contributed by atoms with van der Waals surface area (Å²) in [6.45, 7) is 8.26. The second-order valence-corrected chi connectivity index (χ2v) is 2.10. The summed E-state index contributed by atoms with van der Waals surface area (Å²) in [4.78, 5) is 0. The first kappa shape index (κ1) is 7.74. The van der Waals surface area contributed by atoms with Gasteiger partial charge in [-0.15, -0.1) is 0 Å². The maximum atomic E-state index is 3.84. The number of hydrogen-bond donors (Lipinski definition) is 0. The summed E-state index contributed by atoms with van der Waals surface area (Å²) >= 11 is 0. The van der Waals surface area contributed by atoms with Crippen molar-refractivity contribution in [2.45, 2.75) is 39.5 Å². The summed E-state index contributed by atoms with van der Waals surface area (Å²) in [5.41, 5.74) is 0. The van der Waals surface area contributed by atoms with Gasteiger partial charge >= 0.3 is 0 Å². The van der Waals surface area contributed by atoms with Crippen molar-refractivity contribution in [3.05, 3.63) is 12.8 Å². The zero-order valence-electron chi connectivity index (χ0n) is 6.04. The van der Waals surface area contributed by atoms with Crippen LogP contribution in [-0.2, 0) is 0 Å². The molecule has 0 saturated heterocycles. The van der Waals surface area contributed by atoms with E-state index in [1.54, 1.807) is 5.92 Å². The van der Waals surface area contributed by atoms with Crippen molar-refractivity contribution in [2.24, 2.45) is 0 Å². The van der Waals surface area contributed by atoms with E-state index in [-0.39, 0.29) is 0 Å². The summed E-state index contributed by atoms with van der Waals surface area (Å²) in [5, 5.41) is 0. The molecule has 0 radical (unpaired) electrons. The van der Waals surface area contributed by atoms with Gasteiger partial charge in [0, 0.05) is 0 Å². The number of hydrogen-bond acceptors (Lipinski definition) is 0. The second-order valence-electron chi connectivity index (χ2n) is 2.10. The van der Waals surface area contributed by atoms with Crippen LogP contribution in [0.1, 0.15) is 39.5 Å². The van der Waals surface area contributed by atoms with Crippen molar-refractivity contribution in [1.82, 2.24) is 0 Å². The van der Waals surface area contributed by atoms with Crippen molar-refractivity contribution in [2.75, 3.05) is 0 Å². The summed E-state index contributed by atoms with van der Waals surface area (Å²) in [7, 11) is 0. The van der Waals surface area contributed by atoms with Crippen LogP contribution in [0.15, 0.2) is 0 Å². The Labute approximate surface area is 53.3 Å². The van der Waals surface area contributed by atoms with E-state index in [1.165, 1.54) is 19.3 Å². The number of rotatable bonds is 4. The average Bonchev–Trinajstić information content (AvgIpc) is 1.83. The molecule has 0 aromatic heterocycles. The van der Waals surface area contributed by atoms with Crippen LogP contribution in [0.3, 0.4) is 0 Å². The molecule has 0 saturated carbocycles. The molecule has 46 valence electrons. The van der Waals surface area contributed by atoms with E-state index in [1.807, 2.05) is 0 Å². The van der Waals surface area contributed by atoms with Crippen molar-refractivity contribution < 1.29 is 0 Å². The molecule has 0 rings (SSSR count). The van der Waals surface area contributed by atoms with Crippen LogP contribution in [0, 0.1) is 12.8 Å². The summed E-state index contributed by atoms with van der Waals surface area (Å²) in [5.74, 6) is 1.60. The van der Waals surface area contributed by atoms with Crippen LogP contribution in [-0.4, -0.2) is 0 Å². The molecule has 0 aromatic rings. The summed E-state index contributed by atoms with van der Waals surface area (Å²) in [6, 6.07) is 0. The van der Waals surface area contributed by atoms with E-state index in [2.05, 4.69) is 20.8 Å². The van der Waals surface area contributed by atoms with Crippen molar-refractivity contribution in [1.29, 1.82) is 0 Å². The highest BCUT2D eigenvalue weighted by molar-refractivity contribution is 4.87. The lowest BCUT2D eigenvalue weighted by Gasteiger charge is -1.92. The van der Waals surface area contributed by atoms with E-state index >= 15 is 0 Å². The molecule has 0 bridgehead atoms. The average molecular weight is 112 g/mol. The molecule has 0 heterocycles. The molecule has 0 unspecified atom stereocenters. The van der Waals surface area contributed by atoms with Crippen LogP contribution >= 0.6 is 0 Å². The third kappa shape index (κ3) is 2.84. The largest absolute Gasteiger partial charge is 0.217 e. The van der Waals surface area contributed by atoms with Gasteiger partial charge in [0.2, 0.25) is 6.42 Å². The molecule has 0 atom stereocenters. The fourth-order valence-corrected chi connectivity index (χ4v) is 0.832. The molecule has 0 spiro atoms. The minimum Gasteiger partial charge on any atom is -0.0613 e. The molecular weight excluding hydrogens is 96.1 g/mol. The van der Waals surface area contributed by atoms with Crippen molar-refractivity contribution in [3.63, 3.8) is 0 Å². The fraction of sp³-hybridized carbons (Fsp3) is 0.750. The van der Waals surface area contributed by atoms with E-state index in [0.717, 1.165) is 6.42 Å². The zero-order valence-corrected chi connectivity index (χ0v) is 6.04. The summed E-state index contributed by atoms with van der Waals surface area (Å²) < 4.78 is 0. The molecule has 0 heteroatoms. The molecule has 0 aliphatic heterocycles. The Balaban J connectivity index is 3.07. The third-order valence-electron chi connectivity index (χ3n) is 1.46. The Bertz CT molecular complexity index is 35.3. The first-order valence-electron chi connectivity index (χ1n) is 3.47. The highest BCUT2D eigenvalue weighted by Crippen LogP contribution is 2.15. The third-order valence-corrected chi connectivity index (χ3v) is 1.46. The van der Waals surface area contributed by atoms with Gasteiger partial charge in [-0.1, -0.05) is 6.92 Å². The second kappa shape index (κ2) is 4.89. The summed E-state index contributed by atoms with van der Waals surface area (Å²) in [6.07, 6.45) is 4.81. The van der Waals surface area contributed by atoms with Crippen LogP contribution in [0.5, 0.6) is 0 Å². The molecule has 0 fully saturated rings. The smallest absolute Gasteiger partial charge is 0.0613 e. The topological polar surface area (TPSA) is 0 Å². The van der Waals surface area contributed by atoms with Crippen molar-refractivity contribution in [3.8, 4) is 0 Å². The van der Waals surface area contributed by atoms with E-state index < -0.39 is 0 Å². The fourth-order valence-electron chi connectivity index (χ4n) is 0.832. The van der Waals surface area contributed by atoms with Gasteiger partial charge < -0.3 is 0 Å². The molecule has 0 aliphatic rings. The van der Waals surface area contributed by atoms with Gasteiger partial charge in [0.05, 0.1) is 12.8 Å². The lowest BCUT2D eigenvalue weighted by molar-refractivity contribution is 0.709. The first-order chi connectivity index (χ1) is 3.85. The first-order valence-corrected chi connectivity index (χ1v) is 3.47. The Morgan fingerprint density at radius 1 is 1.38 bits per heavy atom. The quantitative estimate of drug-likeness (QED) is 0.490. The van der Waals surface area contributed by atoms with Crippen molar-refractivity contribution >= 4 is 0 Å². The lowest BCUT2D eigenvalue weighted by atomic mass is 9.98. The maximum Gasteiger partial charge on any atom is 0.217 e.